The van der Waals surface area contributed by atoms with Crippen LogP contribution in [0.15, 0.2) is 0 Å². The van der Waals surface area contributed by atoms with Gasteiger partial charge >= 0.3 is 11.9 Å². The summed E-state index contributed by atoms with van der Waals surface area (Å²) in [5.74, 6) is -5.10. The minimum atomic E-state index is -1.40. The average molecular weight is 443 g/mol. The first kappa shape index (κ1) is 25.8. The van der Waals surface area contributed by atoms with Gasteiger partial charge in [-0.25, -0.2) is 4.79 Å². The number of nitrogens with two attached hydrogens (primary N) is 2. The largest absolute Gasteiger partial charge is 0.481 e. The number of nitrogens with one attached hydrogen (secondary N) is 2. The van der Waals surface area contributed by atoms with Gasteiger partial charge in [0, 0.05) is 19.4 Å². The first-order valence-electron chi connectivity index (χ1n) is 9.83. The Morgan fingerprint density at radius 2 is 1.71 bits per heavy atom. The second-order valence-electron chi connectivity index (χ2n) is 7.36. The standard InChI is InChI=1S/C18H29N5O8/c1-9(21-15(27)10(19)4-6-13(20)24)17(29)23-8-2-3-12(23)16(28)22-11(18(30)31)5-7-14(25)26/h9-12H,2-8,19H2,1H3,(H2,20,24)(H,21,27)(H,22,28)(H,25,26)(H,30,31). The molecule has 0 aliphatic carbocycles. The summed E-state index contributed by atoms with van der Waals surface area (Å²) in [7, 11) is 0. The Morgan fingerprint density at radius 1 is 1.06 bits per heavy atom. The number of carboxylic acid groups (broad SMARTS) is 2. The minimum absolute atomic E-state index is 0.0176. The van der Waals surface area contributed by atoms with E-state index in [1.807, 2.05) is 0 Å². The van der Waals surface area contributed by atoms with E-state index >= 15 is 0 Å². The zero-order valence-corrected chi connectivity index (χ0v) is 17.2. The Kier molecular flexibility index (Phi) is 9.86. The molecule has 31 heavy (non-hydrogen) atoms. The quantitative estimate of drug-likeness (QED) is 0.187. The number of hydrogen-bond donors (Lipinski definition) is 6. The highest BCUT2D eigenvalue weighted by Crippen LogP contribution is 2.19. The summed E-state index contributed by atoms with van der Waals surface area (Å²) in [6.07, 6.45) is -0.0187. The highest BCUT2D eigenvalue weighted by atomic mass is 16.4. The number of nitrogens with zero attached hydrogens (tertiary/aromatic N) is 1. The number of amides is 4. The lowest BCUT2D eigenvalue weighted by Gasteiger charge is -2.28. The number of carbonyl (C=O) groups excluding carboxylic acids is 4. The van der Waals surface area contributed by atoms with Gasteiger partial charge in [-0.1, -0.05) is 0 Å². The van der Waals surface area contributed by atoms with Crippen LogP contribution in [-0.4, -0.2) is 81.4 Å². The Bertz CT molecular complexity index is 728. The van der Waals surface area contributed by atoms with Gasteiger partial charge in [0.1, 0.15) is 18.1 Å². The fourth-order valence-electron chi connectivity index (χ4n) is 3.16. The third-order valence-corrected chi connectivity index (χ3v) is 4.87. The van der Waals surface area contributed by atoms with Gasteiger partial charge in [-0.2, -0.15) is 0 Å². The van der Waals surface area contributed by atoms with Crippen LogP contribution in [0.4, 0.5) is 0 Å². The molecule has 8 N–H and O–H groups in total. The molecule has 4 amide bonds. The molecular weight excluding hydrogens is 414 g/mol. The van der Waals surface area contributed by atoms with Crippen molar-refractivity contribution in [3.8, 4) is 0 Å². The Morgan fingerprint density at radius 3 is 2.26 bits per heavy atom. The number of rotatable bonds is 12. The zero-order chi connectivity index (χ0) is 23.7. The average Bonchev–Trinajstić information content (AvgIpc) is 3.17. The summed E-state index contributed by atoms with van der Waals surface area (Å²) >= 11 is 0. The summed E-state index contributed by atoms with van der Waals surface area (Å²) in [6.45, 7) is 1.65. The molecule has 1 heterocycles. The van der Waals surface area contributed by atoms with Crippen LogP contribution in [0, 0.1) is 0 Å². The van der Waals surface area contributed by atoms with Crippen molar-refractivity contribution in [2.75, 3.05) is 6.54 Å². The third kappa shape index (κ3) is 8.20. The minimum Gasteiger partial charge on any atom is -0.481 e. The number of aliphatic carboxylic acids is 2. The predicted molar refractivity (Wildman–Crippen MR) is 105 cm³/mol. The lowest BCUT2D eigenvalue weighted by Crippen LogP contribution is -2.56. The van der Waals surface area contributed by atoms with Crippen molar-refractivity contribution in [2.45, 2.75) is 69.6 Å². The molecule has 1 fully saturated rings. The van der Waals surface area contributed by atoms with E-state index in [0.717, 1.165) is 0 Å². The molecule has 1 aliphatic heterocycles. The number of carbonyl (C=O) groups is 6. The molecule has 0 spiro atoms. The molecular formula is C18H29N5O8. The van der Waals surface area contributed by atoms with Gasteiger partial charge in [0.05, 0.1) is 6.04 Å². The van der Waals surface area contributed by atoms with Crippen molar-refractivity contribution in [2.24, 2.45) is 11.5 Å². The molecule has 1 saturated heterocycles. The summed E-state index contributed by atoms with van der Waals surface area (Å²) in [5.41, 5.74) is 10.7. The van der Waals surface area contributed by atoms with Crippen molar-refractivity contribution in [1.82, 2.24) is 15.5 Å². The second kappa shape index (κ2) is 11.8. The number of carboxylic acids is 2. The summed E-state index contributed by atoms with van der Waals surface area (Å²) in [5, 5.41) is 22.6. The van der Waals surface area contributed by atoms with Crippen molar-refractivity contribution in [3.05, 3.63) is 0 Å². The molecule has 0 radical (unpaired) electrons. The summed E-state index contributed by atoms with van der Waals surface area (Å²) < 4.78 is 0. The molecule has 0 aromatic carbocycles. The van der Waals surface area contributed by atoms with Gasteiger partial charge in [-0.15, -0.1) is 0 Å². The van der Waals surface area contributed by atoms with Gasteiger partial charge < -0.3 is 37.2 Å². The predicted octanol–water partition coefficient (Wildman–Crippen LogP) is -2.49. The lowest BCUT2D eigenvalue weighted by molar-refractivity contribution is -0.145. The highest BCUT2D eigenvalue weighted by Gasteiger charge is 2.38. The van der Waals surface area contributed by atoms with Crippen molar-refractivity contribution >= 4 is 35.6 Å². The fourth-order valence-corrected chi connectivity index (χ4v) is 3.16. The molecule has 0 aromatic rings. The molecule has 1 aliphatic rings. The maximum absolute atomic E-state index is 12.7. The van der Waals surface area contributed by atoms with Gasteiger partial charge in [0.2, 0.25) is 23.6 Å². The lowest BCUT2D eigenvalue weighted by atomic mass is 10.1. The van der Waals surface area contributed by atoms with Crippen LogP contribution in [0.2, 0.25) is 0 Å². The molecule has 174 valence electrons. The maximum Gasteiger partial charge on any atom is 0.326 e. The van der Waals surface area contributed by atoms with Crippen molar-refractivity contribution < 1.29 is 39.0 Å². The smallest absolute Gasteiger partial charge is 0.326 e. The van der Waals surface area contributed by atoms with Crippen LogP contribution in [0.3, 0.4) is 0 Å². The Balaban J connectivity index is 2.71. The van der Waals surface area contributed by atoms with E-state index in [0.29, 0.717) is 12.8 Å². The highest BCUT2D eigenvalue weighted by molar-refractivity contribution is 5.94. The van der Waals surface area contributed by atoms with Crippen LogP contribution in [-0.2, 0) is 28.8 Å². The van der Waals surface area contributed by atoms with Gasteiger partial charge in [0.25, 0.3) is 0 Å². The van der Waals surface area contributed by atoms with Gasteiger partial charge in [-0.05, 0) is 32.6 Å². The van der Waals surface area contributed by atoms with Gasteiger partial charge in [0.15, 0.2) is 0 Å². The van der Waals surface area contributed by atoms with Crippen LogP contribution < -0.4 is 22.1 Å². The summed E-state index contributed by atoms with van der Waals surface area (Å²) in [6, 6.07) is -4.39. The molecule has 0 bridgehead atoms. The first-order valence-corrected chi connectivity index (χ1v) is 9.83. The normalized spacial score (nSPS) is 18.5. The molecule has 13 nitrogen and oxygen atoms in total. The molecule has 4 atom stereocenters. The maximum atomic E-state index is 12.7. The van der Waals surface area contributed by atoms with E-state index in [4.69, 9.17) is 16.6 Å². The van der Waals surface area contributed by atoms with E-state index in [2.05, 4.69) is 10.6 Å². The first-order chi connectivity index (χ1) is 14.4. The SMILES string of the molecule is CC(NC(=O)C(N)CCC(N)=O)C(=O)N1CCCC1C(=O)NC(CCC(=O)O)C(=O)O. The van der Waals surface area contributed by atoms with E-state index in [1.165, 1.54) is 11.8 Å². The number of likely N-dealkylation sites (tertiary alicyclic amines) is 1. The van der Waals surface area contributed by atoms with Crippen LogP contribution in [0.1, 0.15) is 45.4 Å². The summed E-state index contributed by atoms with van der Waals surface area (Å²) in [4.78, 5) is 71.4. The number of primary amides is 1. The van der Waals surface area contributed by atoms with E-state index < -0.39 is 66.2 Å². The molecule has 0 aromatic heterocycles. The second-order valence-corrected chi connectivity index (χ2v) is 7.36. The van der Waals surface area contributed by atoms with Crippen LogP contribution >= 0.6 is 0 Å². The van der Waals surface area contributed by atoms with Crippen LogP contribution in [0.5, 0.6) is 0 Å². The Labute approximate surface area is 178 Å². The molecule has 4 unspecified atom stereocenters. The third-order valence-electron chi connectivity index (χ3n) is 4.87. The zero-order valence-electron chi connectivity index (χ0n) is 17.2. The fraction of sp³-hybridized carbons (Fsp3) is 0.667. The monoisotopic (exact) mass is 443 g/mol. The van der Waals surface area contributed by atoms with Crippen molar-refractivity contribution in [3.63, 3.8) is 0 Å². The van der Waals surface area contributed by atoms with E-state index in [-0.39, 0.29) is 25.8 Å². The van der Waals surface area contributed by atoms with E-state index in [9.17, 15) is 33.9 Å². The topological polar surface area (TPSA) is 222 Å². The number of hydrogen-bond acceptors (Lipinski definition) is 7. The van der Waals surface area contributed by atoms with Crippen LogP contribution in [0.25, 0.3) is 0 Å². The molecule has 13 heteroatoms. The molecule has 0 saturated carbocycles. The van der Waals surface area contributed by atoms with E-state index in [1.54, 1.807) is 0 Å². The van der Waals surface area contributed by atoms with Gasteiger partial charge in [-0.3, -0.25) is 24.0 Å². The molecule has 1 rings (SSSR count). The van der Waals surface area contributed by atoms with Crippen molar-refractivity contribution in [1.29, 1.82) is 0 Å². The Hall–Kier alpha value is -3.22.